The molecule has 2 aromatic rings. The highest BCUT2D eigenvalue weighted by molar-refractivity contribution is 7.11. The van der Waals surface area contributed by atoms with Gasteiger partial charge in [-0.2, -0.15) is 0 Å². The van der Waals surface area contributed by atoms with E-state index < -0.39 is 0 Å². The van der Waals surface area contributed by atoms with Gasteiger partial charge in [0.05, 0.1) is 12.1 Å². The maximum Gasteiger partial charge on any atom is 0.235 e. The summed E-state index contributed by atoms with van der Waals surface area (Å²) in [6, 6.07) is 11.7. The van der Waals surface area contributed by atoms with Crippen molar-refractivity contribution < 1.29 is 9.59 Å². The van der Waals surface area contributed by atoms with E-state index in [1.54, 1.807) is 11.3 Å². The van der Waals surface area contributed by atoms with Gasteiger partial charge in [0, 0.05) is 16.2 Å². The summed E-state index contributed by atoms with van der Waals surface area (Å²) < 4.78 is 0. The topological polar surface area (TPSA) is 58.2 Å². The Bertz CT molecular complexity index is 774. The van der Waals surface area contributed by atoms with E-state index in [9.17, 15) is 9.59 Å². The van der Waals surface area contributed by atoms with Crippen molar-refractivity contribution in [3.8, 4) is 0 Å². The van der Waals surface area contributed by atoms with Crippen molar-refractivity contribution in [1.82, 2.24) is 10.6 Å². The summed E-state index contributed by atoms with van der Waals surface area (Å²) in [5, 5.41) is 6.02. The zero-order valence-electron chi connectivity index (χ0n) is 14.0. The van der Waals surface area contributed by atoms with Gasteiger partial charge in [0.1, 0.15) is 5.88 Å². The SMILES string of the molecule is Cc1ccc(CCC(=O)N[C@@H]2Cc3ccccc3[C@H]2NC(=O)CCl)s1. The van der Waals surface area contributed by atoms with Gasteiger partial charge in [-0.1, -0.05) is 24.3 Å². The summed E-state index contributed by atoms with van der Waals surface area (Å²) in [7, 11) is 0. The molecular formula is C19H21ClN2O2S. The number of hydrogen-bond acceptors (Lipinski definition) is 3. The predicted molar refractivity (Wildman–Crippen MR) is 101 cm³/mol. The molecule has 0 fully saturated rings. The van der Waals surface area contributed by atoms with Crippen LogP contribution in [0.4, 0.5) is 0 Å². The Morgan fingerprint density at radius 2 is 1.96 bits per heavy atom. The molecule has 2 N–H and O–H groups in total. The highest BCUT2D eigenvalue weighted by Crippen LogP contribution is 2.31. The lowest BCUT2D eigenvalue weighted by molar-refractivity contribution is -0.123. The third kappa shape index (κ3) is 4.41. The van der Waals surface area contributed by atoms with Crippen LogP contribution in [0.1, 0.15) is 33.3 Å². The molecule has 1 aromatic carbocycles. The monoisotopic (exact) mass is 376 g/mol. The van der Waals surface area contributed by atoms with E-state index in [4.69, 9.17) is 11.6 Å². The van der Waals surface area contributed by atoms with Gasteiger partial charge in [0.25, 0.3) is 0 Å². The number of carbonyl (C=O) groups excluding carboxylic acids is 2. The average Bonchev–Trinajstić information content (AvgIpc) is 3.17. The minimum Gasteiger partial charge on any atom is -0.351 e. The maximum absolute atomic E-state index is 12.4. The Labute approximate surface area is 156 Å². The van der Waals surface area contributed by atoms with Crippen molar-refractivity contribution in [2.24, 2.45) is 0 Å². The van der Waals surface area contributed by atoms with Gasteiger partial charge in [0.15, 0.2) is 0 Å². The molecule has 0 unspecified atom stereocenters. The number of aryl methyl sites for hydroxylation is 2. The fourth-order valence-electron chi connectivity index (χ4n) is 3.25. The van der Waals surface area contributed by atoms with Crippen molar-refractivity contribution in [3.63, 3.8) is 0 Å². The van der Waals surface area contributed by atoms with E-state index in [1.807, 2.05) is 24.3 Å². The van der Waals surface area contributed by atoms with Crippen LogP contribution in [-0.4, -0.2) is 23.7 Å². The van der Waals surface area contributed by atoms with Crippen molar-refractivity contribution in [3.05, 3.63) is 57.3 Å². The molecule has 0 saturated heterocycles. The fourth-order valence-corrected chi connectivity index (χ4v) is 4.22. The zero-order valence-corrected chi connectivity index (χ0v) is 15.6. The van der Waals surface area contributed by atoms with Crippen LogP contribution in [-0.2, 0) is 22.4 Å². The molecule has 3 rings (SSSR count). The van der Waals surface area contributed by atoms with Crippen molar-refractivity contribution in [2.45, 2.75) is 38.3 Å². The first-order valence-electron chi connectivity index (χ1n) is 8.34. The Morgan fingerprint density at radius 1 is 1.16 bits per heavy atom. The number of benzene rings is 1. The number of hydrogen-bond donors (Lipinski definition) is 2. The lowest BCUT2D eigenvalue weighted by Gasteiger charge is -2.22. The van der Waals surface area contributed by atoms with E-state index in [-0.39, 0.29) is 29.8 Å². The Balaban J connectivity index is 1.63. The van der Waals surface area contributed by atoms with Crippen LogP contribution in [0.3, 0.4) is 0 Å². The molecule has 2 atom stereocenters. The standard InChI is InChI=1S/C19H21ClN2O2S/c1-12-6-7-14(25-12)8-9-17(23)21-16-10-13-4-2-3-5-15(13)19(16)22-18(24)11-20/h2-7,16,19H,8-11H2,1H3,(H,21,23)(H,22,24)/t16-,19-/m1/s1. The minimum absolute atomic E-state index is 0.00832. The maximum atomic E-state index is 12.4. The highest BCUT2D eigenvalue weighted by atomic mass is 35.5. The Hall–Kier alpha value is -1.85. The highest BCUT2D eigenvalue weighted by Gasteiger charge is 2.34. The van der Waals surface area contributed by atoms with Gasteiger partial charge in [-0.25, -0.2) is 0 Å². The fraction of sp³-hybridized carbons (Fsp3) is 0.368. The summed E-state index contributed by atoms with van der Waals surface area (Å²) in [6.07, 6.45) is 1.90. The largest absolute Gasteiger partial charge is 0.351 e. The molecule has 2 amide bonds. The van der Waals surface area contributed by atoms with Gasteiger partial charge >= 0.3 is 0 Å². The van der Waals surface area contributed by atoms with Crippen LogP contribution in [0.15, 0.2) is 36.4 Å². The Kier molecular flexibility index (Phi) is 5.76. The van der Waals surface area contributed by atoms with Crippen LogP contribution >= 0.6 is 22.9 Å². The van der Waals surface area contributed by atoms with Crippen LogP contribution in [0, 0.1) is 6.92 Å². The van der Waals surface area contributed by atoms with Crippen LogP contribution < -0.4 is 10.6 Å². The molecule has 0 saturated carbocycles. The third-order valence-electron chi connectivity index (χ3n) is 4.41. The first kappa shape index (κ1) is 18.0. The molecular weight excluding hydrogens is 356 g/mol. The van der Waals surface area contributed by atoms with Gasteiger partial charge in [-0.15, -0.1) is 22.9 Å². The smallest absolute Gasteiger partial charge is 0.235 e. The molecule has 0 spiro atoms. The summed E-state index contributed by atoms with van der Waals surface area (Å²) in [4.78, 5) is 26.6. The lowest BCUT2D eigenvalue weighted by Crippen LogP contribution is -2.44. The quantitative estimate of drug-likeness (QED) is 0.761. The van der Waals surface area contributed by atoms with E-state index in [0.717, 1.165) is 17.5 Å². The van der Waals surface area contributed by atoms with E-state index in [0.29, 0.717) is 12.8 Å². The predicted octanol–water partition coefficient (Wildman–Crippen LogP) is 3.13. The normalized spacial score (nSPS) is 18.6. The Morgan fingerprint density at radius 3 is 2.68 bits per heavy atom. The summed E-state index contributed by atoms with van der Waals surface area (Å²) >= 11 is 7.35. The second-order valence-electron chi connectivity index (χ2n) is 6.27. The number of nitrogens with one attached hydrogen (secondary N) is 2. The first-order valence-corrected chi connectivity index (χ1v) is 9.69. The molecule has 1 heterocycles. The number of amides is 2. The summed E-state index contributed by atoms with van der Waals surface area (Å²) in [5.41, 5.74) is 2.21. The van der Waals surface area contributed by atoms with Crippen molar-refractivity contribution in [2.75, 3.05) is 5.88 Å². The lowest BCUT2D eigenvalue weighted by atomic mass is 10.1. The number of rotatable bonds is 6. The zero-order chi connectivity index (χ0) is 17.8. The number of fused-ring (bicyclic) bond motifs is 1. The molecule has 1 aromatic heterocycles. The third-order valence-corrected chi connectivity index (χ3v) is 5.71. The number of thiophene rings is 1. The number of carbonyl (C=O) groups is 2. The molecule has 0 radical (unpaired) electrons. The number of halogens is 1. The van der Waals surface area contributed by atoms with Crippen LogP contribution in [0.2, 0.25) is 0 Å². The van der Waals surface area contributed by atoms with E-state index in [1.165, 1.54) is 9.75 Å². The second kappa shape index (κ2) is 8.02. The van der Waals surface area contributed by atoms with Gasteiger partial charge < -0.3 is 10.6 Å². The molecule has 1 aliphatic rings. The number of alkyl halides is 1. The molecule has 6 heteroatoms. The molecule has 0 aliphatic heterocycles. The molecule has 132 valence electrons. The molecule has 4 nitrogen and oxygen atoms in total. The second-order valence-corrected chi connectivity index (χ2v) is 7.91. The molecule has 1 aliphatic carbocycles. The van der Waals surface area contributed by atoms with E-state index >= 15 is 0 Å². The van der Waals surface area contributed by atoms with Gasteiger partial charge in [0.2, 0.25) is 11.8 Å². The van der Waals surface area contributed by atoms with E-state index in [2.05, 4.69) is 29.7 Å². The molecule has 25 heavy (non-hydrogen) atoms. The average molecular weight is 377 g/mol. The first-order chi connectivity index (χ1) is 12.1. The molecule has 0 bridgehead atoms. The van der Waals surface area contributed by atoms with Crippen molar-refractivity contribution >= 4 is 34.8 Å². The summed E-state index contributed by atoms with van der Waals surface area (Å²) in [5.74, 6) is -0.303. The summed E-state index contributed by atoms with van der Waals surface area (Å²) in [6.45, 7) is 2.06. The van der Waals surface area contributed by atoms with Crippen LogP contribution in [0.25, 0.3) is 0 Å². The van der Waals surface area contributed by atoms with Gasteiger partial charge in [-0.05, 0) is 43.0 Å². The minimum atomic E-state index is -0.226. The van der Waals surface area contributed by atoms with Crippen molar-refractivity contribution in [1.29, 1.82) is 0 Å². The van der Waals surface area contributed by atoms with Crippen LogP contribution in [0.5, 0.6) is 0 Å². The van der Waals surface area contributed by atoms with Gasteiger partial charge in [-0.3, -0.25) is 9.59 Å².